The molecule has 0 bridgehead atoms. The van der Waals surface area contributed by atoms with Crippen molar-refractivity contribution in [3.8, 4) is 5.75 Å². The van der Waals surface area contributed by atoms with Gasteiger partial charge in [-0.05, 0) is 42.8 Å². The molecule has 0 aromatic heterocycles. The molecular weight excluding hydrogens is 527 g/mol. The van der Waals surface area contributed by atoms with Crippen molar-refractivity contribution in [3.63, 3.8) is 0 Å². The van der Waals surface area contributed by atoms with E-state index in [1.165, 1.54) is 12.3 Å². The summed E-state index contributed by atoms with van der Waals surface area (Å²) in [5, 5.41) is 9.81. The number of hydrogen-bond donors (Lipinski definition) is 3. The van der Waals surface area contributed by atoms with Crippen LogP contribution >= 0.6 is 34.8 Å². The summed E-state index contributed by atoms with van der Waals surface area (Å²) in [5.74, 6) is -1.99. The number of nitrogens with one attached hydrogen (secondary N) is 3. The minimum Gasteiger partial charge on any atom is -0.483 e. The standard InChI is InChI=1S/C25H21Cl3N4O4/c1-15-5-7-16(8-6-15)12-29-24(34)25(35)32-30-13-17-11-18(26)9-10-21(17)36-14-22(33)31-20-4-2-3-19(27)23(20)28/h2-11,13H,12,14H2,1H3,(H,29,34)(H,31,33)(H,32,35)/b30-13-. The van der Waals surface area contributed by atoms with Crippen LogP contribution in [0.4, 0.5) is 5.69 Å². The Bertz CT molecular complexity index is 1300. The lowest BCUT2D eigenvalue weighted by Gasteiger charge is -2.11. The highest BCUT2D eigenvalue weighted by molar-refractivity contribution is 6.44. The third kappa shape index (κ3) is 7.98. The predicted octanol–water partition coefficient (Wildman–Crippen LogP) is 4.74. The highest BCUT2D eigenvalue weighted by Crippen LogP contribution is 2.29. The molecule has 0 saturated heterocycles. The van der Waals surface area contributed by atoms with Crippen LogP contribution in [0.3, 0.4) is 0 Å². The Morgan fingerprint density at radius 2 is 1.72 bits per heavy atom. The maximum atomic E-state index is 12.3. The van der Waals surface area contributed by atoms with E-state index in [4.69, 9.17) is 39.5 Å². The van der Waals surface area contributed by atoms with Gasteiger partial charge in [0.1, 0.15) is 5.75 Å². The van der Waals surface area contributed by atoms with E-state index < -0.39 is 17.7 Å². The molecule has 11 heteroatoms. The minimum absolute atomic E-state index is 0.199. The summed E-state index contributed by atoms with van der Waals surface area (Å²) in [5.41, 5.74) is 4.81. The van der Waals surface area contributed by atoms with Gasteiger partial charge in [0.25, 0.3) is 5.91 Å². The first-order valence-corrected chi connectivity index (χ1v) is 11.7. The van der Waals surface area contributed by atoms with Crippen LogP contribution in [-0.4, -0.2) is 30.5 Å². The van der Waals surface area contributed by atoms with Gasteiger partial charge in [0, 0.05) is 17.1 Å². The number of carbonyl (C=O) groups is 3. The third-order valence-electron chi connectivity index (χ3n) is 4.71. The normalized spacial score (nSPS) is 10.7. The summed E-state index contributed by atoms with van der Waals surface area (Å²) in [6, 6.07) is 17.0. The number of anilines is 1. The Labute approximate surface area is 222 Å². The monoisotopic (exact) mass is 546 g/mol. The maximum absolute atomic E-state index is 12.3. The molecule has 0 unspecified atom stereocenters. The number of amides is 3. The average molecular weight is 548 g/mol. The Balaban J connectivity index is 1.54. The lowest BCUT2D eigenvalue weighted by atomic mass is 10.1. The number of aryl methyl sites for hydroxylation is 1. The van der Waals surface area contributed by atoms with Gasteiger partial charge in [-0.25, -0.2) is 5.43 Å². The maximum Gasteiger partial charge on any atom is 0.329 e. The fraction of sp³-hybridized carbons (Fsp3) is 0.120. The Kier molecular flexibility index (Phi) is 9.69. The van der Waals surface area contributed by atoms with Gasteiger partial charge < -0.3 is 15.4 Å². The molecule has 0 radical (unpaired) electrons. The zero-order valence-corrected chi connectivity index (χ0v) is 21.2. The molecule has 3 aromatic rings. The number of hydrazone groups is 1. The van der Waals surface area contributed by atoms with Gasteiger partial charge >= 0.3 is 11.8 Å². The molecular formula is C25H21Cl3N4O4. The Morgan fingerprint density at radius 1 is 0.972 bits per heavy atom. The number of rotatable bonds is 8. The van der Waals surface area contributed by atoms with E-state index in [0.29, 0.717) is 21.3 Å². The van der Waals surface area contributed by atoms with Crippen molar-refractivity contribution in [3.05, 3.63) is 92.4 Å². The molecule has 36 heavy (non-hydrogen) atoms. The predicted molar refractivity (Wildman–Crippen MR) is 141 cm³/mol. The Hall–Kier alpha value is -3.59. The van der Waals surface area contributed by atoms with Crippen LogP contribution in [0.1, 0.15) is 16.7 Å². The molecule has 0 spiro atoms. The zero-order chi connectivity index (χ0) is 26.1. The largest absolute Gasteiger partial charge is 0.483 e. The van der Waals surface area contributed by atoms with Crippen molar-refractivity contribution in [1.29, 1.82) is 0 Å². The third-order valence-corrected chi connectivity index (χ3v) is 5.76. The van der Waals surface area contributed by atoms with Gasteiger partial charge in [-0.2, -0.15) is 5.10 Å². The first-order valence-electron chi connectivity index (χ1n) is 10.6. The fourth-order valence-electron chi connectivity index (χ4n) is 2.86. The summed E-state index contributed by atoms with van der Waals surface area (Å²) in [7, 11) is 0. The van der Waals surface area contributed by atoms with Gasteiger partial charge in [-0.1, -0.05) is 70.7 Å². The van der Waals surface area contributed by atoms with E-state index in [2.05, 4.69) is 21.2 Å². The highest BCUT2D eigenvalue weighted by atomic mass is 35.5. The number of benzene rings is 3. The number of nitrogens with zero attached hydrogens (tertiary/aromatic N) is 1. The summed E-state index contributed by atoms with van der Waals surface area (Å²) in [6.45, 7) is 1.81. The molecule has 0 aliphatic carbocycles. The van der Waals surface area contributed by atoms with Gasteiger partial charge in [0.05, 0.1) is 21.9 Å². The first kappa shape index (κ1) is 27.0. The molecule has 3 aromatic carbocycles. The molecule has 0 saturated carbocycles. The molecule has 0 aliphatic rings. The smallest absolute Gasteiger partial charge is 0.329 e. The second-order valence-electron chi connectivity index (χ2n) is 7.49. The molecule has 3 N–H and O–H groups in total. The highest BCUT2D eigenvalue weighted by Gasteiger charge is 2.13. The minimum atomic E-state index is -0.944. The lowest BCUT2D eigenvalue weighted by molar-refractivity contribution is -0.139. The number of carbonyl (C=O) groups excluding carboxylic acids is 3. The van der Waals surface area contributed by atoms with Crippen molar-refractivity contribution in [2.75, 3.05) is 11.9 Å². The SMILES string of the molecule is Cc1ccc(CNC(=O)C(=O)N/N=C\c2cc(Cl)ccc2OCC(=O)Nc2cccc(Cl)c2Cl)cc1. The molecule has 8 nitrogen and oxygen atoms in total. The molecule has 3 amide bonds. The van der Waals surface area contributed by atoms with E-state index in [1.807, 2.05) is 31.2 Å². The van der Waals surface area contributed by atoms with Gasteiger partial charge in [-0.3, -0.25) is 14.4 Å². The summed E-state index contributed by atoms with van der Waals surface area (Å²) in [6.07, 6.45) is 1.25. The summed E-state index contributed by atoms with van der Waals surface area (Å²) in [4.78, 5) is 36.3. The molecule has 0 heterocycles. The van der Waals surface area contributed by atoms with Crippen LogP contribution in [-0.2, 0) is 20.9 Å². The summed E-state index contributed by atoms with van der Waals surface area (Å²) >= 11 is 18.1. The summed E-state index contributed by atoms with van der Waals surface area (Å²) < 4.78 is 5.57. The Morgan fingerprint density at radius 3 is 2.47 bits per heavy atom. The number of halogens is 3. The molecule has 0 atom stereocenters. The lowest BCUT2D eigenvalue weighted by Crippen LogP contribution is -2.37. The number of hydrogen-bond acceptors (Lipinski definition) is 5. The van der Waals surface area contributed by atoms with Crippen molar-refractivity contribution in [2.45, 2.75) is 13.5 Å². The second-order valence-corrected chi connectivity index (χ2v) is 8.71. The first-order chi connectivity index (χ1) is 17.2. The van der Waals surface area contributed by atoms with Gasteiger partial charge in [0.15, 0.2) is 6.61 Å². The van der Waals surface area contributed by atoms with Crippen molar-refractivity contribution in [2.24, 2.45) is 5.10 Å². The van der Waals surface area contributed by atoms with E-state index in [9.17, 15) is 14.4 Å². The van der Waals surface area contributed by atoms with Crippen LogP contribution in [0.5, 0.6) is 5.75 Å². The van der Waals surface area contributed by atoms with E-state index >= 15 is 0 Å². The van der Waals surface area contributed by atoms with Crippen LogP contribution in [0.25, 0.3) is 0 Å². The zero-order valence-electron chi connectivity index (χ0n) is 19.0. The van der Waals surface area contributed by atoms with Gasteiger partial charge in [-0.15, -0.1) is 0 Å². The molecule has 186 valence electrons. The van der Waals surface area contributed by atoms with Crippen LogP contribution < -0.4 is 20.8 Å². The second kappa shape index (κ2) is 12.9. The fourth-order valence-corrected chi connectivity index (χ4v) is 3.39. The van der Waals surface area contributed by atoms with E-state index in [1.54, 1.807) is 30.3 Å². The molecule has 0 fully saturated rings. The molecule has 3 rings (SSSR count). The average Bonchev–Trinajstić information content (AvgIpc) is 2.85. The van der Waals surface area contributed by atoms with Crippen LogP contribution in [0.15, 0.2) is 65.8 Å². The number of ether oxygens (including phenoxy) is 1. The van der Waals surface area contributed by atoms with E-state index in [0.717, 1.165) is 11.1 Å². The van der Waals surface area contributed by atoms with Crippen molar-refractivity contribution in [1.82, 2.24) is 10.7 Å². The van der Waals surface area contributed by atoms with E-state index in [-0.39, 0.29) is 23.9 Å². The van der Waals surface area contributed by atoms with Gasteiger partial charge in [0.2, 0.25) is 0 Å². The van der Waals surface area contributed by atoms with Crippen molar-refractivity contribution >= 4 is 64.4 Å². The van der Waals surface area contributed by atoms with Crippen molar-refractivity contribution < 1.29 is 19.1 Å². The van der Waals surface area contributed by atoms with Crippen LogP contribution in [0.2, 0.25) is 15.1 Å². The quantitative estimate of drug-likeness (QED) is 0.215. The molecule has 0 aliphatic heterocycles. The van der Waals surface area contributed by atoms with Crippen LogP contribution in [0, 0.1) is 6.92 Å². The topological polar surface area (TPSA) is 109 Å².